The fraction of sp³-hybridized carbons (Fsp3) is 0.767. The van der Waals surface area contributed by atoms with Gasteiger partial charge in [-0.1, -0.05) is 39.2 Å². The van der Waals surface area contributed by atoms with Crippen LogP contribution in [0.25, 0.3) is 0 Å². The molecule has 0 unspecified atom stereocenters. The van der Waals surface area contributed by atoms with Crippen LogP contribution >= 0.6 is 12.4 Å². The molecule has 0 bridgehead atoms. The summed E-state index contributed by atoms with van der Waals surface area (Å²) in [6.07, 6.45) is 6.81. The molecule has 1 fully saturated rings. The van der Waals surface area contributed by atoms with E-state index in [4.69, 9.17) is 24.7 Å². The zero-order chi connectivity index (χ0) is 28.1. The fourth-order valence-electron chi connectivity index (χ4n) is 5.37. The van der Waals surface area contributed by atoms with Gasteiger partial charge >= 0.3 is 0 Å². The highest BCUT2D eigenvalue weighted by atomic mass is 35.5. The number of nitrogens with one attached hydrogen (secondary N) is 1. The Balaban J connectivity index is 0.00000760. The number of halogens is 1. The summed E-state index contributed by atoms with van der Waals surface area (Å²) < 4.78 is 22.2. The predicted molar refractivity (Wildman–Crippen MR) is 158 cm³/mol. The SMILES string of the molecule is COCCCOc1cc(C[C@@H](C[C@H](N)[C@@H](O)CNC(=O)[C@](C)(OC)C2CCCCC2)C(C)C)ccc1OC.Cl. The van der Waals surface area contributed by atoms with E-state index in [1.807, 2.05) is 19.1 Å². The Morgan fingerprint density at radius 3 is 2.41 bits per heavy atom. The van der Waals surface area contributed by atoms with Crippen LogP contribution in [0.3, 0.4) is 0 Å². The number of rotatable bonds is 17. The molecule has 0 radical (unpaired) electrons. The monoisotopic (exact) mass is 572 g/mol. The molecule has 8 nitrogen and oxygen atoms in total. The van der Waals surface area contributed by atoms with Gasteiger partial charge in [0.1, 0.15) is 5.60 Å². The maximum atomic E-state index is 13.1. The lowest BCUT2D eigenvalue weighted by molar-refractivity contribution is -0.150. The summed E-state index contributed by atoms with van der Waals surface area (Å²) in [6, 6.07) is 5.55. The van der Waals surface area contributed by atoms with Gasteiger partial charge in [-0.2, -0.15) is 0 Å². The molecule has 0 aromatic heterocycles. The number of amides is 1. The molecule has 1 aliphatic rings. The summed E-state index contributed by atoms with van der Waals surface area (Å²) in [4.78, 5) is 13.1. The van der Waals surface area contributed by atoms with E-state index in [2.05, 4.69) is 25.2 Å². The molecule has 2 rings (SSSR count). The van der Waals surface area contributed by atoms with Gasteiger partial charge in [0.05, 0.1) is 19.8 Å². The maximum Gasteiger partial charge on any atom is 0.252 e. The zero-order valence-corrected chi connectivity index (χ0v) is 25.7. The predicted octanol–water partition coefficient (Wildman–Crippen LogP) is 4.53. The van der Waals surface area contributed by atoms with Crippen molar-refractivity contribution in [2.45, 2.75) is 89.9 Å². The van der Waals surface area contributed by atoms with E-state index in [1.54, 1.807) is 21.3 Å². The lowest BCUT2D eigenvalue weighted by atomic mass is 9.77. The Labute approximate surface area is 242 Å². The van der Waals surface area contributed by atoms with Crippen LogP contribution in [-0.2, 0) is 20.7 Å². The summed E-state index contributed by atoms with van der Waals surface area (Å²) in [5, 5.41) is 13.8. The average molecular weight is 573 g/mol. The highest BCUT2D eigenvalue weighted by Crippen LogP contribution is 2.35. The van der Waals surface area contributed by atoms with Crippen molar-refractivity contribution < 1.29 is 28.8 Å². The van der Waals surface area contributed by atoms with Gasteiger partial charge in [0.25, 0.3) is 5.91 Å². The summed E-state index contributed by atoms with van der Waals surface area (Å²) in [5.74, 6) is 2.04. The molecule has 39 heavy (non-hydrogen) atoms. The fourth-order valence-corrected chi connectivity index (χ4v) is 5.37. The Bertz CT molecular complexity index is 836. The summed E-state index contributed by atoms with van der Waals surface area (Å²) in [6.45, 7) is 7.51. The Morgan fingerprint density at radius 1 is 1.13 bits per heavy atom. The number of methoxy groups -OCH3 is 3. The number of nitrogens with two attached hydrogens (primary N) is 1. The number of hydrogen-bond acceptors (Lipinski definition) is 7. The lowest BCUT2D eigenvalue weighted by Crippen LogP contribution is -2.54. The van der Waals surface area contributed by atoms with Gasteiger partial charge < -0.3 is 35.1 Å². The molecule has 226 valence electrons. The zero-order valence-electron chi connectivity index (χ0n) is 24.9. The van der Waals surface area contributed by atoms with Crippen molar-refractivity contribution in [1.29, 1.82) is 0 Å². The molecule has 4 N–H and O–H groups in total. The van der Waals surface area contributed by atoms with Crippen LogP contribution in [0.15, 0.2) is 18.2 Å². The van der Waals surface area contributed by atoms with E-state index >= 15 is 0 Å². The molecule has 4 atom stereocenters. The molecular weight excluding hydrogens is 520 g/mol. The molecule has 1 aromatic carbocycles. The molecule has 1 aliphatic carbocycles. The minimum atomic E-state index is -0.886. The summed E-state index contributed by atoms with van der Waals surface area (Å²) in [7, 11) is 4.91. The molecule has 0 saturated heterocycles. The number of carbonyl (C=O) groups is 1. The quantitative estimate of drug-likeness (QED) is 0.235. The highest BCUT2D eigenvalue weighted by Gasteiger charge is 2.42. The lowest BCUT2D eigenvalue weighted by Gasteiger charge is -2.37. The van der Waals surface area contributed by atoms with E-state index in [9.17, 15) is 9.90 Å². The van der Waals surface area contributed by atoms with Crippen LogP contribution in [0.5, 0.6) is 11.5 Å². The van der Waals surface area contributed by atoms with Gasteiger partial charge in [-0.15, -0.1) is 12.4 Å². The number of ether oxygens (including phenoxy) is 4. The molecule has 0 aliphatic heterocycles. The van der Waals surface area contributed by atoms with Gasteiger partial charge in [0.15, 0.2) is 11.5 Å². The third-order valence-corrected chi connectivity index (χ3v) is 8.22. The van der Waals surface area contributed by atoms with E-state index < -0.39 is 17.7 Å². The van der Waals surface area contributed by atoms with Crippen LogP contribution in [-0.4, -0.2) is 69.8 Å². The second-order valence-electron chi connectivity index (χ2n) is 11.2. The van der Waals surface area contributed by atoms with Crippen molar-refractivity contribution in [2.24, 2.45) is 23.5 Å². The van der Waals surface area contributed by atoms with Gasteiger partial charge in [0.2, 0.25) is 0 Å². The number of aliphatic hydroxyl groups excluding tert-OH is 1. The smallest absolute Gasteiger partial charge is 0.252 e. The Kier molecular flexibility index (Phi) is 16.3. The highest BCUT2D eigenvalue weighted by molar-refractivity contribution is 5.85. The van der Waals surface area contributed by atoms with Gasteiger partial charge in [-0.25, -0.2) is 0 Å². The van der Waals surface area contributed by atoms with Crippen LogP contribution in [0.2, 0.25) is 0 Å². The van der Waals surface area contributed by atoms with Crippen molar-refractivity contribution in [3.05, 3.63) is 23.8 Å². The Morgan fingerprint density at radius 2 is 1.82 bits per heavy atom. The summed E-state index contributed by atoms with van der Waals surface area (Å²) in [5.41, 5.74) is 6.70. The van der Waals surface area contributed by atoms with E-state index in [-0.39, 0.29) is 36.7 Å². The van der Waals surface area contributed by atoms with E-state index in [1.165, 1.54) is 6.42 Å². The van der Waals surface area contributed by atoms with Gasteiger partial charge in [-0.05, 0) is 68.1 Å². The molecular formula is C30H53ClN2O6. The topological polar surface area (TPSA) is 112 Å². The molecule has 1 saturated carbocycles. The normalized spacial score (nSPS) is 18.0. The standard InChI is InChI=1S/C30H52N2O6.ClH/c1-21(2)23(17-22-13-14-27(36-5)28(18-22)38-16-10-15-35-4)19-25(31)26(33)20-32-29(34)30(3,37-6)24-11-8-7-9-12-24;/h13-14,18,21,23-26,33H,7-12,15-17,19-20,31H2,1-6H3,(H,32,34);1H/t23-,25-,26-,30+;/m0./s1. The van der Waals surface area contributed by atoms with E-state index in [0.29, 0.717) is 31.3 Å². The van der Waals surface area contributed by atoms with Crippen molar-refractivity contribution in [1.82, 2.24) is 5.32 Å². The van der Waals surface area contributed by atoms with E-state index in [0.717, 1.165) is 49.8 Å². The van der Waals surface area contributed by atoms with Gasteiger partial charge in [0, 0.05) is 39.8 Å². The van der Waals surface area contributed by atoms with Crippen molar-refractivity contribution in [3.8, 4) is 11.5 Å². The number of aliphatic hydroxyl groups is 1. The third-order valence-electron chi connectivity index (χ3n) is 8.22. The first-order chi connectivity index (χ1) is 18.2. The second-order valence-corrected chi connectivity index (χ2v) is 11.2. The van der Waals surface area contributed by atoms with Crippen LogP contribution in [0.1, 0.15) is 71.3 Å². The first-order valence-electron chi connectivity index (χ1n) is 14.2. The first kappa shape index (κ1) is 35.4. The minimum Gasteiger partial charge on any atom is -0.493 e. The van der Waals surface area contributed by atoms with Crippen molar-refractivity contribution >= 4 is 18.3 Å². The van der Waals surface area contributed by atoms with Crippen molar-refractivity contribution in [2.75, 3.05) is 41.1 Å². The number of benzene rings is 1. The van der Waals surface area contributed by atoms with Gasteiger partial charge in [-0.3, -0.25) is 4.79 Å². The van der Waals surface area contributed by atoms with Crippen LogP contribution in [0, 0.1) is 17.8 Å². The molecule has 1 amide bonds. The number of hydrogen-bond donors (Lipinski definition) is 3. The van der Waals surface area contributed by atoms with Crippen LogP contribution < -0.4 is 20.5 Å². The molecule has 1 aromatic rings. The summed E-state index contributed by atoms with van der Waals surface area (Å²) >= 11 is 0. The molecule has 9 heteroatoms. The minimum absolute atomic E-state index is 0. The van der Waals surface area contributed by atoms with Crippen molar-refractivity contribution in [3.63, 3.8) is 0 Å². The Hall–Kier alpha value is -1.58. The molecule has 0 spiro atoms. The number of carbonyl (C=O) groups excluding carboxylic acids is 1. The third kappa shape index (κ3) is 10.7. The maximum absolute atomic E-state index is 13.1. The average Bonchev–Trinajstić information content (AvgIpc) is 2.93. The second kappa shape index (κ2) is 18.0. The molecule has 0 heterocycles. The first-order valence-corrected chi connectivity index (χ1v) is 14.2. The van der Waals surface area contributed by atoms with Crippen LogP contribution in [0.4, 0.5) is 0 Å². The largest absolute Gasteiger partial charge is 0.493 e.